The number of aliphatic hydroxyl groups is 3. The van der Waals surface area contributed by atoms with Crippen LogP contribution in [0.4, 0.5) is 0 Å². The highest BCUT2D eigenvalue weighted by atomic mass is 16.5. The molecule has 0 unspecified atom stereocenters. The van der Waals surface area contributed by atoms with Crippen molar-refractivity contribution >= 4 is 41.4 Å². The quantitative estimate of drug-likeness (QED) is 0.0683. The number of carbonyl (C=O) groups is 7. The first-order chi connectivity index (χ1) is 27.6. The fourth-order valence-electron chi connectivity index (χ4n) is 6.78. The Morgan fingerprint density at radius 1 is 0.862 bits per heavy atom. The van der Waals surface area contributed by atoms with Gasteiger partial charge in [0.25, 0.3) is 0 Å². The number of phenolic OH excluding ortho intramolecular Hbond substituents is 1. The molecule has 2 fully saturated rings. The first-order valence-corrected chi connectivity index (χ1v) is 18.8. The molecule has 0 aliphatic carbocycles. The molecule has 0 bridgehead atoms. The molecule has 0 spiro atoms. The van der Waals surface area contributed by atoms with E-state index in [1.165, 1.54) is 17.0 Å². The normalized spacial score (nSPS) is 23.1. The molecule has 13 N–H and O–H groups in total. The fraction of sp³-hybridized carbons (Fsp3) is 0.500. The van der Waals surface area contributed by atoms with Crippen LogP contribution in [0.2, 0.25) is 0 Å². The van der Waals surface area contributed by atoms with E-state index in [0.717, 1.165) is 6.92 Å². The second kappa shape index (κ2) is 21.2. The molecular formula is C38H52N8O12. The number of nitrogens with one attached hydrogen (secondary N) is 5. The largest absolute Gasteiger partial charge is 0.508 e. The Balaban J connectivity index is 1.45. The third-order valence-electron chi connectivity index (χ3n) is 9.82. The average Bonchev–Trinajstić information content (AvgIpc) is 3.69. The van der Waals surface area contributed by atoms with Gasteiger partial charge in [0.1, 0.15) is 48.2 Å². The molecule has 4 rings (SSSR count). The van der Waals surface area contributed by atoms with E-state index < -0.39 is 116 Å². The molecule has 20 heteroatoms. The number of ether oxygens (including phenoxy) is 1. The van der Waals surface area contributed by atoms with Crippen LogP contribution in [0.5, 0.6) is 5.75 Å². The molecule has 2 aromatic carbocycles. The number of aromatic hydroxyl groups is 1. The summed E-state index contributed by atoms with van der Waals surface area (Å²) in [6, 6.07) is 8.84. The van der Waals surface area contributed by atoms with Crippen molar-refractivity contribution in [3.63, 3.8) is 0 Å². The summed E-state index contributed by atoms with van der Waals surface area (Å²) in [4.78, 5) is 92.1. The molecule has 58 heavy (non-hydrogen) atoms. The number of hydrogen-bond acceptors (Lipinski definition) is 13. The van der Waals surface area contributed by atoms with Crippen molar-refractivity contribution in [1.29, 1.82) is 0 Å². The molecule has 2 aliphatic rings. The van der Waals surface area contributed by atoms with Gasteiger partial charge in [-0.25, -0.2) is 0 Å². The summed E-state index contributed by atoms with van der Waals surface area (Å²) in [6.07, 6.45) is -5.78. The fourth-order valence-corrected chi connectivity index (χ4v) is 6.78. The molecule has 2 saturated heterocycles. The topological polar surface area (TPSA) is 325 Å². The van der Waals surface area contributed by atoms with Crippen molar-refractivity contribution in [3.8, 4) is 5.75 Å². The first kappa shape index (κ1) is 45.0. The predicted octanol–water partition coefficient (Wildman–Crippen LogP) is -4.09. The van der Waals surface area contributed by atoms with Gasteiger partial charge in [0.05, 0.1) is 19.2 Å². The van der Waals surface area contributed by atoms with Crippen molar-refractivity contribution in [3.05, 3.63) is 65.7 Å². The number of likely N-dealkylation sites (tertiary alicyclic amines) is 1. The van der Waals surface area contributed by atoms with Crippen LogP contribution in [0.3, 0.4) is 0 Å². The number of rotatable bonds is 18. The van der Waals surface area contributed by atoms with Gasteiger partial charge < -0.3 is 68.1 Å². The number of carbonyl (C=O) groups excluding carboxylic acids is 7. The molecule has 0 radical (unpaired) electrons. The second-order valence-electron chi connectivity index (χ2n) is 14.2. The second-order valence-corrected chi connectivity index (χ2v) is 14.2. The summed E-state index contributed by atoms with van der Waals surface area (Å²) in [7, 11) is 0. The maximum atomic E-state index is 13.7. The summed E-state index contributed by atoms with van der Waals surface area (Å²) in [5, 5.41) is 52.5. The molecule has 7 amide bonds. The van der Waals surface area contributed by atoms with E-state index in [1.807, 2.05) is 0 Å². The standard InChI is InChI=1S/C38H52N8O12/c1-20(48)42-31-33(53)32(52)28(19-47)58-37(31)45-29(50)14-13-25(44-35(55)24(39)16-22-9-11-23(49)12-10-22)36(56)41-18-30(51)43-26(17-21-6-3-2-4-7-21)38(57)46-15-5-8-27(46)34(40)54/h2-4,6-7,9-12,24-28,31-33,37,47,49,52-53H,5,8,13-19,39H2,1H3,(H2,40,54)(H,41,56)(H,42,48)(H,43,51)(H,44,55)(H,45,50)/t24-,25-,26-,27-,28+,31+,32+,33+,37+/m0/s1. The van der Waals surface area contributed by atoms with Crippen LogP contribution in [-0.4, -0.2) is 141 Å². The zero-order chi connectivity index (χ0) is 42.5. The highest BCUT2D eigenvalue weighted by molar-refractivity contribution is 5.95. The average molecular weight is 813 g/mol. The third kappa shape index (κ3) is 12.7. The molecule has 20 nitrogen and oxygen atoms in total. The van der Waals surface area contributed by atoms with Crippen LogP contribution >= 0.6 is 0 Å². The number of aliphatic hydroxyl groups excluding tert-OH is 3. The molecule has 2 heterocycles. The van der Waals surface area contributed by atoms with Crippen LogP contribution < -0.4 is 38.1 Å². The summed E-state index contributed by atoms with van der Waals surface area (Å²) in [5.41, 5.74) is 13.0. The summed E-state index contributed by atoms with van der Waals surface area (Å²) in [5.74, 6) is -5.05. The van der Waals surface area contributed by atoms with E-state index in [9.17, 15) is 54.0 Å². The van der Waals surface area contributed by atoms with Gasteiger partial charge >= 0.3 is 0 Å². The number of hydrogen-bond donors (Lipinski definition) is 11. The van der Waals surface area contributed by atoms with Crippen LogP contribution in [0.1, 0.15) is 43.7 Å². The van der Waals surface area contributed by atoms with E-state index in [0.29, 0.717) is 24.0 Å². The zero-order valence-corrected chi connectivity index (χ0v) is 31.9. The van der Waals surface area contributed by atoms with Crippen molar-refractivity contribution in [1.82, 2.24) is 31.5 Å². The number of phenols is 1. The highest BCUT2D eigenvalue weighted by Crippen LogP contribution is 2.21. The number of benzene rings is 2. The number of nitrogens with zero attached hydrogens (tertiary/aromatic N) is 1. The van der Waals surface area contributed by atoms with Gasteiger partial charge in [0.15, 0.2) is 6.23 Å². The van der Waals surface area contributed by atoms with Gasteiger partial charge in [0, 0.05) is 26.3 Å². The van der Waals surface area contributed by atoms with Crippen molar-refractivity contribution in [2.75, 3.05) is 19.7 Å². The van der Waals surface area contributed by atoms with E-state index in [2.05, 4.69) is 26.6 Å². The Hall–Kier alpha value is -5.67. The van der Waals surface area contributed by atoms with Gasteiger partial charge in [-0.3, -0.25) is 33.6 Å². The Kier molecular flexibility index (Phi) is 16.5. The van der Waals surface area contributed by atoms with E-state index in [-0.39, 0.29) is 31.6 Å². The minimum absolute atomic E-state index is 0.00191. The molecule has 2 aromatic rings. The third-order valence-corrected chi connectivity index (χ3v) is 9.82. The van der Waals surface area contributed by atoms with Gasteiger partial charge in [0.2, 0.25) is 41.4 Å². The van der Waals surface area contributed by atoms with E-state index >= 15 is 0 Å². The lowest BCUT2D eigenvalue weighted by molar-refractivity contribution is -0.203. The van der Waals surface area contributed by atoms with Gasteiger partial charge in [-0.15, -0.1) is 0 Å². The molecule has 2 aliphatic heterocycles. The lowest BCUT2D eigenvalue weighted by Gasteiger charge is -2.42. The molecule has 9 atom stereocenters. The molecule has 0 saturated carbocycles. The van der Waals surface area contributed by atoms with Gasteiger partial charge in [-0.05, 0) is 48.9 Å². The van der Waals surface area contributed by atoms with Crippen molar-refractivity contribution in [2.45, 2.75) is 100 Å². The molecule has 316 valence electrons. The monoisotopic (exact) mass is 812 g/mol. The number of amides is 7. The van der Waals surface area contributed by atoms with Crippen LogP contribution in [-0.2, 0) is 51.1 Å². The SMILES string of the molecule is CC(=O)N[C@@H]1[C@@H](O)[C@H](O)[C@@H](CO)O[C@H]1NC(=O)CC[C@H](NC(=O)[C@@H](N)Cc1ccc(O)cc1)C(=O)NCC(=O)N[C@@H](Cc1ccccc1)C(=O)N1CCC[C@H]1C(N)=O. The highest BCUT2D eigenvalue weighted by Gasteiger charge is 2.45. The lowest BCUT2D eigenvalue weighted by Crippen LogP contribution is -2.68. The zero-order valence-electron chi connectivity index (χ0n) is 31.9. The van der Waals surface area contributed by atoms with Crippen LogP contribution in [0.25, 0.3) is 0 Å². The summed E-state index contributed by atoms with van der Waals surface area (Å²) < 4.78 is 5.54. The van der Waals surface area contributed by atoms with Crippen molar-refractivity contribution in [2.24, 2.45) is 11.5 Å². The van der Waals surface area contributed by atoms with E-state index in [4.69, 9.17) is 16.2 Å². The summed E-state index contributed by atoms with van der Waals surface area (Å²) in [6.45, 7) is 0.0190. The van der Waals surface area contributed by atoms with Gasteiger partial charge in [-0.2, -0.15) is 0 Å². The Labute approximate surface area is 334 Å². The Morgan fingerprint density at radius 2 is 1.53 bits per heavy atom. The van der Waals surface area contributed by atoms with Crippen molar-refractivity contribution < 1.29 is 58.7 Å². The van der Waals surface area contributed by atoms with Gasteiger partial charge in [-0.1, -0.05) is 42.5 Å². The molecule has 0 aromatic heterocycles. The Bertz CT molecular complexity index is 1770. The number of primary amides is 1. The van der Waals surface area contributed by atoms with Crippen LogP contribution in [0.15, 0.2) is 54.6 Å². The smallest absolute Gasteiger partial charge is 0.246 e. The maximum Gasteiger partial charge on any atom is 0.246 e. The maximum absolute atomic E-state index is 13.7. The molecular weight excluding hydrogens is 760 g/mol. The minimum atomic E-state index is -1.64. The lowest BCUT2D eigenvalue weighted by atomic mass is 9.95. The predicted molar refractivity (Wildman–Crippen MR) is 203 cm³/mol. The van der Waals surface area contributed by atoms with E-state index in [1.54, 1.807) is 42.5 Å². The Morgan fingerprint density at radius 3 is 2.17 bits per heavy atom. The number of nitrogens with two attached hydrogens (primary N) is 2. The van der Waals surface area contributed by atoms with Crippen LogP contribution in [0, 0.1) is 0 Å². The summed E-state index contributed by atoms with van der Waals surface area (Å²) >= 11 is 0. The minimum Gasteiger partial charge on any atom is -0.508 e. The first-order valence-electron chi connectivity index (χ1n) is 18.8.